The molecule has 0 unspecified atom stereocenters. The van der Waals surface area contributed by atoms with E-state index in [1.165, 1.54) is 37.3 Å². The van der Waals surface area contributed by atoms with E-state index in [-0.39, 0.29) is 17.0 Å². The second-order valence-electron chi connectivity index (χ2n) is 5.55. The Morgan fingerprint density at radius 3 is 2.37 bits per heavy atom. The maximum atomic E-state index is 12.9. The molecule has 146 valence electrons. The molecule has 0 aromatic heterocycles. The first kappa shape index (κ1) is 20.7. The smallest absolute Gasteiger partial charge is 0.398 e. The van der Waals surface area contributed by atoms with Crippen molar-refractivity contribution in [1.82, 2.24) is 0 Å². The zero-order valence-electron chi connectivity index (χ0n) is 14.2. The summed E-state index contributed by atoms with van der Waals surface area (Å²) in [7, 11) is -4.21. The number of nitrogen functional groups attached to an aromatic ring is 1. The number of carbonyl (C=O) groups excluding carboxylic acids is 1. The summed E-state index contributed by atoms with van der Waals surface area (Å²) in [6, 6.07) is 10.1. The van der Waals surface area contributed by atoms with E-state index < -0.39 is 39.6 Å². The number of nitrogens with one attached hydrogen (secondary N) is 1. The molecule has 0 radical (unpaired) electrons. The molecule has 2 rings (SSSR count). The molecule has 0 aliphatic rings. The van der Waals surface area contributed by atoms with Crippen molar-refractivity contribution in [2.75, 3.05) is 11.1 Å². The number of rotatable bonds is 6. The Labute approximate surface area is 154 Å². The Balaban J connectivity index is 2.19. The van der Waals surface area contributed by atoms with E-state index in [0.717, 1.165) is 6.07 Å². The lowest BCUT2D eigenvalue weighted by molar-refractivity contribution is -0.137. The third kappa shape index (κ3) is 5.20. The molecule has 2 aromatic rings. The maximum Gasteiger partial charge on any atom is 0.418 e. The van der Waals surface area contributed by atoms with Gasteiger partial charge < -0.3 is 11.1 Å². The van der Waals surface area contributed by atoms with Crippen LogP contribution in [0.1, 0.15) is 18.9 Å². The number of nitrogens with two attached hydrogens (primary N) is 1. The van der Waals surface area contributed by atoms with Crippen LogP contribution < -0.4 is 11.1 Å². The molecular weight excluding hydrogens is 385 g/mol. The van der Waals surface area contributed by atoms with Crippen LogP contribution >= 0.6 is 0 Å². The Kier molecular flexibility index (Phi) is 6.11. The van der Waals surface area contributed by atoms with Crippen LogP contribution in [-0.2, 0) is 25.3 Å². The van der Waals surface area contributed by atoms with Crippen LogP contribution in [0.5, 0.6) is 0 Å². The zero-order chi connectivity index (χ0) is 20.2. The molecule has 1 amide bonds. The first-order chi connectivity index (χ1) is 12.5. The van der Waals surface area contributed by atoms with Gasteiger partial charge in [-0.3, -0.25) is 8.98 Å². The number of benzene rings is 2. The van der Waals surface area contributed by atoms with E-state index in [0.29, 0.717) is 6.07 Å². The normalized spacial score (nSPS) is 13.2. The number of anilines is 2. The molecule has 0 aliphatic carbocycles. The van der Waals surface area contributed by atoms with Crippen molar-refractivity contribution >= 4 is 27.4 Å². The van der Waals surface area contributed by atoms with Crippen LogP contribution in [0, 0.1) is 0 Å². The highest BCUT2D eigenvalue weighted by molar-refractivity contribution is 7.86. The maximum absolute atomic E-state index is 12.9. The average molecular weight is 402 g/mol. The summed E-state index contributed by atoms with van der Waals surface area (Å²) in [6.45, 7) is 1.51. The first-order valence-corrected chi connectivity index (χ1v) is 9.21. The van der Waals surface area contributed by atoms with Gasteiger partial charge in [-0.2, -0.15) is 21.6 Å². The van der Waals surface area contributed by atoms with E-state index >= 15 is 0 Å². The fraction of sp³-hybridized carbons (Fsp3) is 0.235. The highest BCUT2D eigenvalue weighted by Crippen LogP contribution is 2.35. The van der Waals surface area contributed by atoms with Crippen molar-refractivity contribution in [3.63, 3.8) is 0 Å². The van der Waals surface area contributed by atoms with Gasteiger partial charge in [0.2, 0.25) is 0 Å². The molecule has 10 heteroatoms. The van der Waals surface area contributed by atoms with Gasteiger partial charge in [-0.25, -0.2) is 0 Å². The monoisotopic (exact) mass is 402 g/mol. The highest BCUT2D eigenvalue weighted by Gasteiger charge is 2.33. The predicted octanol–water partition coefficient (Wildman–Crippen LogP) is 3.41. The quantitative estimate of drug-likeness (QED) is 0.570. The summed E-state index contributed by atoms with van der Waals surface area (Å²) < 4.78 is 68.1. The summed E-state index contributed by atoms with van der Waals surface area (Å²) >= 11 is 0. The number of hydrogen-bond donors (Lipinski definition) is 2. The lowest BCUT2D eigenvalue weighted by atomic mass is 10.1. The SMILES string of the molecule is CC[C@@H](OS(=O)(=O)c1ccccc1)C(=O)Nc1ccc(N)c(C(F)(F)F)c1. The summed E-state index contributed by atoms with van der Waals surface area (Å²) in [5, 5.41) is 2.22. The minimum atomic E-state index is -4.69. The minimum Gasteiger partial charge on any atom is -0.398 e. The molecule has 0 saturated heterocycles. The Morgan fingerprint density at radius 1 is 1.19 bits per heavy atom. The molecular formula is C17H17F3N2O4S. The van der Waals surface area contributed by atoms with Gasteiger partial charge in [-0.1, -0.05) is 25.1 Å². The van der Waals surface area contributed by atoms with Crippen LogP contribution in [0.4, 0.5) is 24.5 Å². The largest absolute Gasteiger partial charge is 0.418 e. The summed E-state index contributed by atoms with van der Waals surface area (Å²) in [5.74, 6) is -0.894. The molecule has 0 spiro atoms. The van der Waals surface area contributed by atoms with Crippen molar-refractivity contribution in [3.8, 4) is 0 Å². The van der Waals surface area contributed by atoms with Gasteiger partial charge in [-0.15, -0.1) is 0 Å². The summed E-state index contributed by atoms with van der Waals surface area (Å²) in [4.78, 5) is 12.1. The fourth-order valence-corrected chi connectivity index (χ4v) is 3.33. The number of halogens is 3. The van der Waals surface area contributed by atoms with Gasteiger partial charge in [0.05, 0.1) is 10.5 Å². The highest BCUT2D eigenvalue weighted by atomic mass is 32.2. The Bertz CT molecular complexity index is 916. The van der Waals surface area contributed by atoms with E-state index in [2.05, 4.69) is 5.32 Å². The lowest BCUT2D eigenvalue weighted by Crippen LogP contribution is -2.32. The van der Waals surface area contributed by atoms with Crippen LogP contribution in [-0.4, -0.2) is 20.4 Å². The third-order valence-electron chi connectivity index (χ3n) is 3.56. The predicted molar refractivity (Wildman–Crippen MR) is 93.3 cm³/mol. The van der Waals surface area contributed by atoms with Crippen molar-refractivity contribution < 1.29 is 30.6 Å². The van der Waals surface area contributed by atoms with Crippen molar-refractivity contribution in [3.05, 3.63) is 54.1 Å². The van der Waals surface area contributed by atoms with Gasteiger partial charge >= 0.3 is 6.18 Å². The van der Waals surface area contributed by atoms with E-state index in [1.807, 2.05) is 0 Å². The molecule has 0 bridgehead atoms. The van der Waals surface area contributed by atoms with Crippen molar-refractivity contribution in [2.45, 2.75) is 30.5 Å². The van der Waals surface area contributed by atoms with Gasteiger partial charge in [0.15, 0.2) is 6.10 Å². The first-order valence-electron chi connectivity index (χ1n) is 7.80. The van der Waals surface area contributed by atoms with Crippen molar-refractivity contribution in [2.24, 2.45) is 0 Å². The van der Waals surface area contributed by atoms with E-state index in [9.17, 15) is 26.4 Å². The molecule has 2 aromatic carbocycles. The molecule has 0 fully saturated rings. The minimum absolute atomic E-state index is 0.0149. The lowest BCUT2D eigenvalue weighted by Gasteiger charge is -2.17. The number of alkyl halides is 3. The number of amides is 1. The number of hydrogen-bond acceptors (Lipinski definition) is 5. The van der Waals surface area contributed by atoms with Crippen molar-refractivity contribution in [1.29, 1.82) is 0 Å². The van der Waals surface area contributed by atoms with Gasteiger partial charge in [0, 0.05) is 11.4 Å². The summed E-state index contributed by atoms with van der Waals surface area (Å²) in [5.41, 5.74) is 3.53. The van der Waals surface area contributed by atoms with E-state index in [4.69, 9.17) is 9.92 Å². The van der Waals surface area contributed by atoms with Crippen LogP contribution in [0.3, 0.4) is 0 Å². The van der Waals surface area contributed by atoms with Crippen LogP contribution in [0.25, 0.3) is 0 Å². The summed E-state index contributed by atoms with van der Waals surface area (Å²) in [6.07, 6.45) is -6.12. The van der Waals surface area contributed by atoms with Gasteiger partial charge in [-0.05, 0) is 36.8 Å². The molecule has 27 heavy (non-hydrogen) atoms. The average Bonchev–Trinajstić information content (AvgIpc) is 2.61. The zero-order valence-corrected chi connectivity index (χ0v) is 15.0. The van der Waals surface area contributed by atoms with Crippen LogP contribution in [0.15, 0.2) is 53.4 Å². The van der Waals surface area contributed by atoms with Gasteiger partial charge in [0.25, 0.3) is 16.0 Å². The Morgan fingerprint density at radius 2 is 1.81 bits per heavy atom. The number of carbonyl (C=O) groups is 1. The molecule has 6 nitrogen and oxygen atoms in total. The van der Waals surface area contributed by atoms with Crippen LogP contribution in [0.2, 0.25) is 0 Å². The second-order valence-corrected chi connectivity index (χ2v) is 7.12. The fourth-order valence-electron chi connectivity index (χ4n) is 2.20. The topological polar surface area (TPSA) is 98.5 Å². The molecule has 1 atom stereocenters. The van der Waals surface area contributed by atoms with E-state index in [1.54, 1.807) is 6.07 Å². The Hall–Kier alpha value is -2.59. The molecule has 0 saturated carbocycles. The molecule has 0 heterocycles. The standard InChI is InChI=1S/C17H17F3N2O4S/c1-2-15(26-27(24,25)12-6-4-3-5-7-12)16(23)22-11-8-9-14(21)13(10-11)17(18,19)20/h3-10,15H,2,21H2,1H3,(H,22,23)/t15-/m1/s1. The molecule has 3 N–H and O–H groups in total. The molecule has 0 aliphatic heterocycles. The third-order valence-corrected chi connectivity index (χ3v) is 4.90. The van der Waals surface area contributed by atoms with Gasteiger partial charge in [0.1, 0.15) is 0 Å². The second kappa shape index (κ2) is 7.97.